The van der Waals surface area contributed by atoms with Crippen LogP contribution in [0.5, 0.6) is 0 Å². The zero-order valence-corrected chi connectivity index (χ0v) is 10.2. The number of nitrogens with two attached hydrogens (primary N) is 1. The second-order valence-corrected chi connectivity index (χ2v) is 6.03. The van der Waals surface area contributed by atoms with Crippen molar-refractivity contribution in [2.75, 3.05) is 19.0 Å². The van der Waals surface area contributed by atoms with Crippen molar-refractivity contribution in [1.29, 1.82) is 0 Å². The van der Waals surface area contributed by atoms with E-state index in [9.17, 15) is 8.42 Å². The maximum atomic E-state index is 11.5. The van der Waals surface area contributed by atoms with Crippen LogP contribution in [0.2, 0.25) is 0 Å². The molecule has 1 fully saturated rings. The van der Waals surface area contributed by atoms with Crippen molar-refractivity contribution in [2.24, 2.45) is 11.7 Å². The lowest BCUT2D eigenvalue weighted by Gasteiger charge is -2.18. The Labute approximate surface area is 95.4 Å². The molecule has 0 aliphatic carbocycles. The first-order chi connectivity index (χ1) is 6.91. The standard InChI is InChI=1S/C8H16N2O3S2/c1-6(7-2-3-13-4-7)10-15(11,12)5-8(9)14/h6-7,10H,2-5H2,1H3,(H2,9,14). The lowest BCUT2D eigenvalue weighted by atomic mass is 10.0. The van der Waals surface area contributed by atoms with E-state index < -0.39 is 10.0 Å². The highest BCUT2D eigenvalue weighted by Crippen LogP contribution is 2.16. The first-order valence-corrected chi connectivity index (χ1v) is 6.83. The number of nitrogens with one attached hydrogen (secondary N) is 1. The van der Waals surface area contributed by atoms with E-state index in [0.717, 1.165) is 6.42 Å². The smallest absolute Gasteiger partial charge is 0.218 e. The monoisotopic (exact) mass is 252 g/mol. The average Bonchev–Trinajstić information content (AvgIpc) is 2.50. The summed E-state index contributed by atoms with van der Waals surface area (Å²) in [5.41, 5.74) is 5.20. The van der Waals surface area contributed by atoms with Crippen LogP contribution in [-0.2, 0) is 14.8 Å². The Morgan fingerprint density at radius 1 is 1.73 bits per heavy atom. The summed E-state index contributed by atoms with van der Waals surface area (Å²) in [6, 6.07) is -0.133. The lowest BCUT2D eigenvalue weighted by molar-refractivity contribution is 0.180. The first-order valence-electron chi connectivity index (χ1n) is 4.77. The molecule has 7 heteroatoms. The van der Waals surface area contributed by atoms with E-state index in [1.807, 2.05) is 6.92 Å². The first kappa shape index (κ1) is 12.8. The Hall–Kier alpha value is -0.240. The summed E-state index contributed by atoms with van der Waals surface area (Å²) in [6.07, 6.45) is 0.886. The third-order valence-corrected chi connectivity index (χ3v) is 4.12. The molecular weight excluding hydrogens is 236 g/mol. The summed E-state index contributed by atoms with van der Waals surface area (Å²) < 4.78 is 30.7. The number of hydrogen-bond donors (Lipinski definition) is 2. The maximum absolute atomic E-state index is 11.5. The van der Waals surface area contributed by atoms with Gasteiger partial charge in [0, 0.05) is 18.6 Å². The summed E-state index contributed by atoms with van der Waals surface area (Å²) >= 11 is 4.57. The fourth-order valence-corrected chi connectivity index (χ4v) is 3.24. The predicted molar refractivity (Wildman–Crippen MR) is 62.1 cm³/mol. The molecule has 0 saturated carbocycles. The van der Waals surface area contributed by atoms with Crippen LogP contribution in [-0.4, -0.2) is 38.4 Å². The normalized spacial score (nSPS) is 23.9. The number of ether oxygens (including phenoxy) is 1. The highest BCUT2D eigenvalue weighted by Gasteiger charge is 2.25. The molecule has 0 spiro atoms. The summed E-state index contributed by atoms with van der Waals surface area (Å²) in [4.78, 5) is -0.0163. The van der Waals surface area contributed by atoms with E-state index in [1.54, 1.807) is 0 Å². The Morgan fingerprint density at radius 3 is 2.87 bits per heavy atom. The molecule has 1 saturated heterocycles. The molecule has 2 atom stereocenters. The van der Waals surface area contributed by atoms with E-state index in [4.69, 9.17) is 10.5 Å². The van der Waals surface area contributed by atoms with Gasteiger partial charge < -0.3 is 10.5 Å². The highest BCUT2D eigenvalue weighted by atomic mass is 32.2. The Bertz CT molecular complexity index is 323. The minimum absolute atomic E-state index is 0.0163. The van der Waals surface area contributed by atoms with Crippen molar-refractivity contribution in [3.63, 3.8) is 0 Å². The fourth-order valence-electron chi connectivity index (χ4n) is 1.56. The number of rotatable bonds is 5. The molecule has 0 aromatic carbocycles. The SMILES string of the molecule is CC(NS(=O)(=O)CC(N)=S)C1CCOC1. The number of hydrogen-bond acceptors (Lipinski definition) is 4. The van der Waals surface area contributed by atoms with Gasteiger partial charge in [0.1, 0.15) is 5.75 Å². The number of thiocarbonyl (C=S) groups is 1. The van der Waals surface area contributed by atoms with E-state index in [2.05, 4.69) is 16.9 Å². The van der Waals surface area contributed by atoms with Gasteiger partial charge in [-0.25, -0.2) is 13.1 Å². The second-order valence-electron chi connectivity index (χ2n) is 3.76. The van der Waals surface area contributed by atoms with Crippen molar-refractivity contribution < 1.29 is 13.2 Å². The zero-order valence-electron chi connectivity index (χ0n) is 8.60. The third kappa shape index (κ3) is 4.42. The highest BCUT2D eigenvalue weighted by molar-refractivity contribution is 7.92. The number of sulfonamides is 1. The van der Waals surface area contributed by atoms with Crippen LogP contribution in [0.4, 0.5) is 0 Å². The Morgan fingerprint density at radius 2 is 2.40 bits per heavy atom. The van der Waals surface area contributed by atoms with Crippen molar-refractivity contribution in [2.45, 2.75) is 19.4 Å². The van der Waals surface area contributed by atoms with Crippen LogP contribution < -0.4 is 10.5 Å². The van der Waals surface area contributed by atoms with E-state index >= 15 is 0 Å². The van der Waals surface area contributed by atoms with Crippen LogP contribution in [0.25, 0.3) is 0 Å². The second kappa shape index (κ2) is 5.20. The quantitative estimate of drug-likeness (QED) is 0.652. The topological polar surface area (TPSA) is 81.4 Å². The van der Waals surface area contributed by atoms with Crippen LogP contribution in [0.1, 0.15) is 13.3 Å². The van der Waals surface area contributed by atoms with Gasteiger partial charge in [-0.3, -0.25) is 0 Å². The molecule has 1 aliphatic rings. The van der Waals surface area contributed by atoms with Gasteiger partial charge in [-0.1, -0.05) is 12.2 Å². The van der Waals surface area contributed by atoms with Crippen molar-refractivity contribution in [3.8, 4) is 0 Å². The molecule has 88 valence electrons. The molecule has 1 heterocycles. The lowest BCUT2D eigenvalue weighted by Crippen LogP contribution is -2.41. The molecule has 5 nitrogen and oxygen atoms in total. The van der Waals surface area contributed by atoms with E-state index in [-0.39, 0.29) is 22.7 Å². The molecule has 0 amide bonds. The van der Waals surface area contributed by atoms with Gasteiger partial charge in [0.15, 0.2) is 0 Å². The van der Waals surface area contributed by atoms with Crippen molar-refractivity contribution in [3.05, 3.63) is 0 Å². The van der Waals surface area contributed by atoms with Crippen LogP contribution in [0.3, 0.4) is 0 Å². The molecule has 1 aliphatic heterocycles. The van der Waals surface area contributed by atoms with Gasteiger partial charge in [-0.2, -0.15) is 0 Å². The average molecular weight is 252 g/mol. The van der Waals surface area contributed by atoms with Crippen LogP contribution >= 0.6 is 12.2 Å². The van der Waals surface area contributed by atoms with Gasteiger partial charge in [0.2, 0.25) is 10.0 Å². The van der Waals surface area contributed by atoms with Gasteiger partial charge in [0.25, 0.3) is 0 Å². The largest absolute Gasteiger partial charge is 0.392 e. The van der Waals surface area contributed by atoms with Gasteiger partial charge in [0.05, 0.1) is 11.6 Å². The molecule has 2 unspecified atom stereocenters. The molecule has 0 aromatic heterocycles. The van der Waals surface area contributed by atoms with Crippen LogP contribution in [0.15, 0.2) is 0 Å². The molecule has 3 N–H and O–H groups in total. The molecule has 0 radical (unpaired) electrons. The third-order valence-electron chi connectivity index (χ3n) is 2.37. The minimum atomic E-state index is -3.39. The van der Waals surface area contributed by atoms with Crippen LogP contribution in [0, 0.1) is 5.92 Å². The summed E-state index contributed by atoms with van der Waals surface area (Å²) in [5, 5.41) is 0. The molecule has 15 heavy (non-hydrogen) atoms. The van der Waals surface area contributed by atoms with E-state index in [1.165, 1.54) is 0 Å². The van der Waals surface area contributed by atoms with Crippen molar-refractivity contribution in [1.82, 2.24) is 4.72 Å². The predicted octanol–water partition coefficient (Wildman–Crippen LogP) is -0.383. The Kier molecular flexibility index (Phi) is 4.45. The Balaban J connectivity index is 2.49. The van der Waals surface area contributed by atoms with Crippen molar-refractivity contribution >= 4 is 27.2 Å². The molecule has 0 aromatic rings. The maximum Gasteiger partial charge on any atom is 0.218 e. The van der Waals surface area contributed by atoms with Gasteiger partial charge >= 0.3 is 0 Å². The molecule has 1 rings (SSSR count). The summed E-state index contributed by atoms with van der Waals surface area (Å²) in [7, 11) is -3.39. The molecule has 0 bridgehead atoms. The zero-order chi connectivity index (χ0) is 11.5. The minimum Gasteiger partial charge on any atom is -0.392 e. The molecular formula is C8H16N2O3S2. The summed E-state index contributed by atoms with van der Waals surface area (Å²) in [6.45, 7) is 3.14. The fraction of sp³-hybridized carbons (Fsp3) is 0.875. The van der Waals surface area contributed by atoms with E-state index in [0.29, 0.717) is 13.2 Å². The van der Waals surface area contributed by atoms with Gasteiger partial charge in [-0.15, -0.1) is 0 Å². The summed E-state index contributed by atoms with van der Waals surface area (Å²) in [5.74, 6) is -0.0496. The van der Waals surface area contributed by atoms with Gasteiger partial charge in [-0.05, 0) is 13.3 Å².